The van der Waals surface area contributed by atoms with Gasteiger partial charge in [0.15, 0.2) is 5.69 Å². The lowest BCUT2D eigenvalue weighted by Gasteiger charge is -2.56. The van der Waals surface area contributed by atoms with Crippen LogP contribution in [0.4, 0.5) is 0 Å². The molecule has 1 N–H and O–H groups in total. The minimum atomic E-state index is 0.314. The van der Waals surface area contributed by atoms with Crippen LogP contribution in [0, 0.1) is 29.1 Å². The number of aromatic amines is 1. The summed E-state index contributed by atoms with van der Waals surface area (Å²) >= 11 is 1.75. The molecule has 0 unspecified atom stereocenters. The molecule has 4 aliphatic carbocycles. The van der Waals surface area contributed by atoms with E-state index < -0.39 is 0 Å². The molecule has 0 aliphatic heterocycles. The molecule has 0 amide bonds. The Morgan fingerprint density at radius 2 is 1.82 bits per heavy atom. The molecule has 22 heavy (non-hydrogen) atoms. The highest BCUT2D eigenvalue weighted by Crippen LogP contribution is 2.61. The van der Waals surface area contributed by atoms with Gasteiger partial charge in [0.1, 0.15) is 17.5 Å². The van der Waals surface area contributed by atoms with Gasteiger partial charge in [0.25, 0.3) is 0 Å². The second-order valence-corrected chi connectivity index (χ2v) is 8.23. The van der Waals surface area contributed by atoms with Crippen molar-refractivity contribution < 1.29 is 0 Å². The molecule has 112 valence electrons. The van der Waals surface area contributed by atoms with Crippen LogP contribution >= 0.6 is 11.3 Å². The molecule has 4 bridgehead atoms. The van der Waals surface area contributed by atoms with E-state index in [1.807, 2.05) is 5.38 Å². The van der Waals surface area contributed by atoms with Gasteiger partial charge in [-0.2, -0.15) is 15.6 Å². The van der Waals surface area contributed by atoms with Crippen molar-refractivity contribution in [2.24, 2.45) is 17.8 Å². The number of aromatic nitrogens is 4. The fourth-order valence-electron chi connectivity index (χ4n) is 5.49. The number of nitrogens with one attached hydrogen (secondary N) is 1. The minimum Gasteiger partial charge on any atom is -0.239 e. The zero-order chi connectivity index (χ0) is 14.7. The van der Waals surface area contributed by atoms with Crippen molar-refractivity contribution in [3.8, 4) is 17.5 Å². The predicted octanol–water partition coefficient (Wildman–Crippen LogP) is 3.27. The van der Waals surface area contributed by atoms with E-state index in [1.54, 1.807) is 11.3 Å². The van der Waals surface area contributed by atoms with Gasteiger partial charge in [-0.1, -0.05) is 0 Å². The zero-order valence-corrected chi connectivity index (χ0v) is 13.1. The number of nitrogens with zero attached hydrogens (tertiary/aromatic N) is 4. The molecule has 6 heteroatoms. The Kier molecular flexibility index (Phi) is 2.55. The van der Waals surface area contributed by atoms with Crippen LogP contribution in [0.2, 0.25) is 0 Å². The Morgan fingerprint density at radius 3 is 2.45 bits per heavy atom. The molecule has 0 spiro atoms. The zero-order valence-electron chi connectivity index (χ0n) is 12.2. The van der Waals surface area contributed by atoms with Gasteiger partial charge in [-0.25, -0.2) is 4.98 Å². The monoisotopic (exact) mass is 311 g/mol. The van der Waals surface area contributed by atoms with E-state index in [2.05, 4.69) is 21.5 Å². The van der Waals surface area contributed by atoms with Crippen molar-refractivity contribution in [1.29, 1.82) is 5.26 Å². The van der Waals surface area contributed by atoms with Crippen LogP contribution in [-0.2, 0) is 5.41 Å². The molecule has 2 aromatic rings. The van der Waals surface area contributed by atoms with Gasteiger partial charge >= 0.3 is 0 Å². The van der Waals surface area contributed by atoms with Gasteiger partial charge < -0.3 is 0 Å². The number of hydrogen-bond donors (Lipinski definition) is 1. The fourth-order valence-corrected chi connectivity index (χ4v) is 6.52. The first kappa shape index (κ1) is 12.8. The molecule has 0 atom stereocenters. The smallest absolute Gasteiger partial charge is 0.192 e. The summed E-state index contributed by atoms with van der Waals surface area (Å²) in [6.07, 6.45) is 8.28. The van der Waals surface area contributed by atoms with Gasteiger partial charge in [-0.15, -0.1) is 16.4 Å². The van der Waals surface area contributed by atoms with Crippen molar-refractivity contribution in [2.45, 2.75) is 43.9 Å². The summed E-state index contributed by atoms with van der Waals surface area (Å²) in [5.41, 5.74) is 2.05. The van der Waals surface area contributed by atoms with E-state index in [0.717, 1.165) is 23.4 Å². The van der Waals surface area contributed by atoms with Crippen molar-refractivity contribution >= 4 is 11.3 Å². The van der Waals surface area contributed by atoms with Crippen LogP contribution in [-0.4, -0.2) is 20.4 Å². The first-order valence-electron chi connectivity index (χ1n) is 8.03. The Bertz CT molecular complexity index is 732. The minimum absolute atomic E-state index is 0.314. The highest BCUT2D eigenvalue weighted by atomic mass is 32.1. The second kappa shape index (κ2) is 4.39. The van der Waals surface area contributed by atoms with E-state index in [4.69, 9.17) is 10.2 Å². The van der Waals surface area contributed by atoms with Crippen LogP contribution in [0.15, 0.2) is 5.38 Å². The van der Waals surface area contributed by atoms with Crippen LogP contribution in [0.3, 0.4) is 0 Å². The number of H-pyrrole nitrogens is 1. The van der Waals surface area contributed by atoms with Crippen LogP contribution in [0.1, 0.15) is 49.2 Å². The molecular weight excluding hydrogens is 294 g/mol. The second-order valence-electron chi connectivity index (χ2n) is 7.37. The highest BCUT2D eigenvalue weighted by molar-refractivity contribution is 7.10. The molecule has 0 saturated heterocycles. The van der Waals surface area contributed by atoms with Gasteiger partial charge in [0.05, 0.1) is 5.01 Å². The molecule has 4 fully saturated rings. The van der Waals surface area contributed by atoms with Crippen molar-refractivity contribution in [3.05, 3.63) is 16.1 Å². The van der Waals surface area contributed by atoms with E-state index in [0.29, 0.717) is 16.8 Å². The Balaban J connectivity index is 1.53. The standard InChI is InChI=1S/C16H17N5S/c17-7-12-14(20-21-19-12)13-8-22-15(18-13)16-4-9-1-10(5-16)3-11(2-9)6-16/h8-11H,1-6H2,(H,19,20,21). The maximum Gasteiger partial charge on any atom is 0.192 e. The lowest BCUT2D eigenvalue weighted by Crippen LogP contribution is -2.48. The van der Waals surface area contributed by atoms with E-state index in [1.165, 1.54) is 43.5 Å². The van der Waals surface area contributed by atoms with Crippen molar-refractivity contribution in [2.75, 3.05) is 0 Å². The molecule has 6 rings (SSSR count). The van der Waals surface area contributed by atoms with Crippen LogP contribution in [0.25, 0.3) is 11.4 Å². The van der Waals surface area contributed by atoms with E-state index >= 15 is 0 Å². The van der Waals surface area contributed by atoms with Crippen molar-refractivity contribution in [3.63, 3.8) is 0 Å². The molecule has 5 nitrogen and oxygen atoms in total. The Hall–Kier alpha value is -1.74. The summed E-state index contributed by atoms with van der Waals surface area (Å²) in [4.78, 5) is 4.90. The molecule has 2 aromatic heterocycles. The average Bonchev–Trinajstić information content (AvgIpc) is 3.15. The Labute approximate surface area is 132 Å². The third-order valence-electron chi connectivity index (χ3n) is 5.89. The number of hydrogen-bond acceptors (Lipinski definition) is 5. The lowest BCUT2D eigenvalue weighted by molar-refractivity contribution is -0.00524. The highest BCUT2D eigenvalue weighted by Gasteiger charge is 2.53. The van der Waals surface area contributed by atoms with Crippen molar-refractivity contribution in [1.82, 2.24) is 20.4 Å². The van der Waals surface area contributed by atoms with Crippen LogP contribution < -0.4 is 0 Å². The fraction of sp³-hybridized carbons (Fsp3) is 0.625. The first-order chi connectivity index (χ1) is 10.8. The van der Waals surface area contributed by atoms with Gasteiger partial charge in [-0.05, 0) is 56.3 Å². The summed E-state index contributed by atoms with van der Waals surface area (Å²) in [6, 6.07) is 2.08. The summed E-state index contributed by atoms with van der Waals surface area (Å²) < 4.78 is 0. The molecule has 0 aromatic carbocycles. The quantitative estimate of drug-likeness (QED) is 0.923. The molecule has 4 saturated carbocycles. The molecule has 2 heterocycles. The molecular formula is C16H17N5S. The van der Waals surface area contributed by atoms with Gasteiger partial charge in [-0.3, -0.25) is 0 Å². The van der Waals surface area contributed by atoms with Gasteiger partial charge in [0, 0.05) is 10.8 Å². The number of thiazole rings is 1. The molecule has 4 aliphatic rings. The first-order valence-corrected chi connectivity index (χ1v) is 8.91. The predicted molar refractivity (Wildman–Crippen MR) is 82.1 cm³/mol. The van der Waals surface area contributed by atoms with Gasteiger partial charge in [0.2, 0.25) is 0 Å². The van der Waals surface area contributed by atoms with E-state index in [-0.39, 0.29) is 0 Å². The number of nitriles is 1. The average molecular weight is 311 g/mol. The maximum atomic E-state index is 9.11. The molecule has 0 radical (unpaired) electrons. The number of rotatable bonds is 2. The SMILES string of the molecule is N#Cc1n[nH]nc1-c1csc(C23CC4CC(CC(C4)C2)C3)n1. The van der Waals surface area contributed by atoms with E-state index in [9.17, 15) is 0 Å². The van der Waals surface area contributed by atoms with Crippen LogP contribution in [0.5, 0.6) is 0 Å². The topological polar surface area (TPSA) is 78.2 Å². The summed E-state index contributed by atoms with van der Waals surface area (Å²) in [7, 11) is 0. The summed E-state index contributed by atoms with van der Waals surface area (Å²) in [5, 5.41) is 22.9. The largest absolute Gasteiger partial charge is 0.239 e. The maximum absolute atomic E-state index is 9.11. The summed E-state index contributed by atoms with van der Waals surface area (Å²) in [6.45, 7) is 0. The lowest BCUT2D eigenvalue weighted by atomic mass is 9.50. The third kappa shape index (κ3) is 1.72. The normalized spacial score (nSPS) is 35.7. The summed E-state index contributed by atoms with van der Waals surface area (Å²) in [5.74, 6) is 2.75. The Morgan fingerprint density at radius 1 is 1.14 bits per heavy atom. The third-order valence-corrected chi connectivity index (χ3v) is 6.98.